The van der Waals surface area contributed by atoms with E-state index in [2.05, 4.69) is 113 Å². The Kier molecular flexibility index (Phi) is 6.36. The topological polar surface area (TPSA) is 36.2 Å². The molecule has 0 saturated heterocycles. The molecule has 0 spiro atoms. The molecule has 38 heavy (non-hydrogen) atoms. The normalized spacial score (nSPS) is 13.6. The Hall–Kier alpha value is -4.48. The molecule has 186 valence electrons. The van der Waals surface area contributed by atoms with Gasteiger partial charge in [0.2, 0.25) is 11.4 Å². The third-order valence-electron chi connectivity index (χ3n) is 6.85. The van der Waals surface area contributed by atoms with Gasteiger partial charge in [0.25, 0.3) is 5.01 Å². The maximum Gasteiger partial charge on any atom is 0.263 e. The SMILES string of the molecule is CC(=O)Nc1ccccc1-c1ccc2c(c1)sc(C=C1C=CN(Cc3ccccc3)c3ccccc31)[n+]2C. The maximum atomic E-state index is 11.7. The van der Waals surface area contributed by atoms with Crippen molar-refractivity contribution in [2.24, 2.45) is 7.05 Å². The van der Waals surface area contributed by atoms with Gasteiger partial charge in [-0.1, -0.05) is 78.1 Å². The Bertz CT molecular complexity index is 1720. The Morgan fingerprint density at radius 1 is 0.921 bits per heavy atom. The van der Waals surface area contributed by atoms with Crippen molar-refractivity contribution in [3.05, 3.63) is 125 Å². The number of rotatable bonds is 5. The van der Waals surface area contributed by atoms with Crippen molar-refractivity contribution >= 4 is 50.5 Å². The van der Waals surface area contributed by atoms with E-state index in [1.165, 1.54) is 44.5 Å². The molecule has 0 fully saturated rings. The highest BCUT2D eigenvalue weighted by Gasteiger charge is 2.21. The van der Waals surface area contributed by atoms with E-state index < -0.39 is 0 Å². The van der Waals surface area contributed by atoms with Gasteiger partial charge in [-0.2, -0.15) is 4.57 Å². The number of benzene rings is 4. The summed E-state index contributed by atoms with van der Waals surface area (Å²) in [6.07, 6.45) is 6.68. The fourth-order valence-electron chi connectivity index (χ4n) is 4.99. The third-order valence-corrected chi connectivity index (χ3v) is 8.00. The molecule has 4 nitrogen and oxygen atoms in total. The fourth-order valence-corrected chi connectivity index (χ4v) is 6.13. The maximum absolute atomic E-state index is 11.7. The number of allylic oxidation sites excluding steroid dienone is 2. The number of thiazole rings is 1. The molecule has 1 aliphatic heterocycles. The molecule has 0 radical (unpaired) electrons. The molecule has 0 bridgehead atoms. The number of amides is 1. The highest BCUT2D eigenvalue weighted by Crippen LogP contribution is 2.36. The number of aryl methyl sites for hydroxylation is 1. The van der Waals surface area contributed by atoms with Crippen LogP contribution in [0.4, 0.5) is 11.4 Å². The standard InChI is InChI=1S/C33H27N3OS/c1-23(37)34-29-14-8-6-12-27(29)25-16-17-31-32(20-25)38-33(35(31)2)21-26-18-19-36(22-24-10-4-3-5-11-24)30-15-9-7-13-28(26)30/h3-21H,22H2,1-2H3/p+1. The Morgan fingerprint density at radius 2 is 1.66 bits per heavy atom. The molecule has 1 N–H and O–H groups in total. The van der Waals surface area contributed by atoms with E-state index in [-0.39, 0.29) is 5.91 Å². The van der Waals surface area contributed by atoms with Crippen molar-refractivity contribution < 1.29 is 9.36 Å². The molecule has 6 rings (SSSR count). The first-order valence-electron chi connectivity index (χ1n) is 12.7. The second-order valence-corrected chi connectivity index (χ2v) is 10.5. The summed E-state index contributed by atoms with van der Waals surface area (Å²) in [6.45, 7) is 2.37. The average Bonchev–Trinajstić information content (AvgIpc) is 3.25. The van der Waals surface area contributed by atoms with E-state index in [9.17, 15) is 4.79 Å². The molecule has 4 aromatic carbocycles. The summed E-state index contributed by atoms with van der Waals surface area (Å²) in [5.74, 6) is -0.0712. The van der Waals surface area contributed by atoms with Gasteiger partial charge in [0.15, 0.2) is 0 Å². The van der Waals surface area contributed by atoms with Crippen LogP contribution >= 0.6 is 11.3 Å². The minimum atomic E-state index is -0.0712. The molecule has 5 heteroatoms. The number of hydrogen-bond donors (Lipinski definition) is 1. The number of nitrogens with one attached hydrogen (secondary N) is 1. The zero-order valence-corrected chi connectivity index (χ0v) is 22.2. The van der Waals surface area contributed by atoms with Crippen LogP contribution in [0.1, 0.15) is 23.1 Å². The summed E-state index contributed by atoms with van der Waals surface area (Å²) in [6, 6.07) is 33.6. The number of fused-ring (bicyclic) bond motifs is 2. The molecular weight excluding hydrogens is 486 g/mol. The lowest BCUT2D eigenvalue weighted by Gasteiger charge is -2.27. The minimum Gasteiger partial charge on any atom is -0.343 e. The van der Waals surface area contributed by atoms with Crippen molar-refractivity contribution in [2.45, 2.75) is 13.5 Å². The highest BCUT2D eigenvalue weighted by molar-refractivity contribution is 7.19. The van der Waals surface area contributed by atoms with Gasteiger partial charge in [0.1, 0.15) is 11.7 Å². The number of anilines is 2. The zero-order chi connectivity index (χ0) is 26.1. The van der Waals surface area contributed by atoms with Crippen molar-refractivity contribution in [1.29, 1.82) is 0 Å². The van der Waals surface area contributed by atoms with Gasteiger partial charge in [-0.05, 0) is 47.0 Å². The van der Waals surface area contributed by atoms with Crippen LogP contribution < -0.4 is 14.8 Å². The lowest BCUT2D eigenvalue weighted by Crippen LogP contribution is -2.29. The molecule has 0 atom stereocenters. The smallest absolute Gasteiger partial charge is 0.263 e. The van der Waals surface area contributed by atoms with Crippen LogP contribution in [0.2, 0.25) is 0 Å². The van der Waals surface area contributed by atoms with Crippen LogP contribution in [0.5, 0.6) is 0 Å². The molecule has 2 heterocycles. The third kappa shape index (κ3) is 4.64. The second-order valence-electron chi connectivity index (χ2n) is 9.45. The first-order valence-corrected chi connectivity index (χ1v) is 13.5. The van der Waals surface area contributed by atoms with Gasteiger partial charge in [0, 0.05) is 54.3 Å². The predicted octanol–water partition coefficient (Wildman–Crippen LogP) is 7.43. The van der Waals surface area contributed by atoms with Crippen molar-refractivity contribution in [3.8, 4) is 11.1 Å². The summed E-state index contributed by atoms with van der Waals surface area (Å²) in [4.78, 5) is 14.0. The number of carbonyl (C=O) groups excluding carboxylic acids is 1. The fraction of sp³-hybridized carbons (Fsp3) is 0.0909. The molecule has 0 aliphatic carbocycles. The zero-order valence-electron chi connectivity index (χ0n) is 21.4. The lowest BCUT2D eigenvalue weighted by atomic mass is 9.99. The van der Waals surface area contributed by atoms with Crippen LogP contribution in [0.15, 0.2) is 109 Å². The molecule has 0 saturated carbocycles. The largest absolute Gasteiger partial charge is 0.343 e. The van der Waals surface area contributed by atoms with Crippen LogP contribution in [0.25, 0.3) is 33.0 Å². The van der Waals surface area contributed by atoms with E-state index in [1.807, 2.05) is 24.3 Å². The summed E-state index contributed by atoms with van der Waals surface area (Å²) in [7, 11) is 2.12. The Balaban J connectivity index is 1.37. The second kappa shape index (κ2) is 10.1. The summed E-state index contributed by atoms with van der Waals surface area (Å²) >= 11 is 1.78. The van der Waals surface area contributed by atoms with E-state index in [1.54, 1.807) is 11.3 Å². The molecular formula is C33H28N3OS+. The first kappa shape index (κ1) is 23.9. The monoisotopic (exact) mass is 514 g/mol. The summed E-state index contributed by atoms with van der Waals surface area (Å²) < 4.78 is 3.46. The van der Waals surface area contributed by atoms with E-state index in [0.717, 1.165) is 23.4 Å². The van der Waals surface area contributed by atoms with Gasteiger partial charge < -0.3 is 10.2 Å². The summed E-state index contributed by atoms with van der Waals surface area (Å²) in [5.41, 5.74) is 9.03. The van der Waals surface area contributed by atoms with Gasteiger partial charge in [0.05, 0.1) is 0 Å². The predicted molar refractivity (Wildman–Crippen MR) is 159 cm³/mol. The number of aromatic nitrogens is 1. The van der Waals surface area contributed by atoms with Gasteiger partial charge in [-0.25, -0.2) is 0 Å². The van der Waals surface area contributed by atoms with Crippen LogP contribution in [-0.2, 0) is 18.4 Å². The van der Waals surface area contributed by atoms with Crippen LogP contribution in [0, 0.1) is 0 Å². The Labute approximate surface area is 226 Å². The quantitative estimate of drug-likeness (QED) is 0.248. The first-order chi connectivity index (χ1) is 18.6. The number of carbonyl (C=O) groups is 1. The van der Waals surface area contributed by atoms with Crippen molar-refractivity contribution in [3.63, 3.8) is 0 Å². The number of para-hydroxylation sites is 2. The lowest BCUT2D eigenvalue weighted by molar-refractivity contribution is -0.642. The highest BCUT2D eigenvalue weighted by atomic mass is 32.1. The van der Waals surface area contributed by atoms with E-state index >= 15 is 0 Å². The number of hydrogen-bond acceptors (Lipinski definition) is 3. The molecule has 1 aliphatic rings. The average molecular weight is 515 g/mol. The van der Waals surface area contributed by atoms with Gasteiger partial charge >= 0.3 is 0 Å². The molecule has 5 aromatic rings. The van der Waals surface area contributed by atoms with Crippen molar-refractivity contribution in [2.75, 3.05) is 10.2 Å². The van der Waals surface area contributed by atoms with Gasteiger partial charge in [-0.3, -0.25) is 4.79 Å². The van der Waals surface area contributed by atoms with Crippen LogP contribution in [0.3, 0.4) is 0 Å². The minimum absolute atomic E-state index is 0.0712. The van der Waals surface area contributed by atoms with Crippen molar-refractivity contribution in [1.82, 2.24) is 0 Å². The molecule has 0 unspecified atom stereocenters. The van der Waals surface area contributed by atoms with E-state index in [4.69, 9.17) is 0 Å². The van der Waals surface area contributed by atoms with E-state index in [0.29, 0.717) is 0 Å². The molecule has 1 aromatic heterocycles. The Morgan fingerprint density at radius 3 is 2.47 bits per heavy atom. The number of nitrogens with zero attached hydrogens (tertiary/aromatic N) is 2. The summed E-state index contributed by atoms with van der Waals surface area (Å²) in [5, 5.41) is 4.14. The van der Waals surface area contributed by atoms with Crippen LogP contribution in [-0.4, -0.2) is 5.91 Å². The van der Waals surface area contributed by atoms with Gasteiger partial charge in [-0.15, -0.1) is 0 Å². The molecule has 1 amide bonds.